The lowest BCUT2D eigenvalue weighted by atomic mass is 10.3. The Kier molecular flexibility index (Phi) is 1.64. The van der Waals surface area contributed by atoms with Crippen LogP contribution in [0.25, 0.3) is 0 Å². The van der Waals surface area contributed by atoms with E-state index in [0.29, 0.717) is 11.7 Å². The molecule has 11 heavy (non-hydrogen) atoms. The zero-order valence-electron chi connectivity index (χ0n) is 5.99. The molecule has 60 valence electrons. The summed E-state index contributed by atoms with van der Waals surface area (Å²) in [5, 5.41) is 9.69. The van der Waals surface area contributed by atoms with Gasteiger partial charge in [-0.2, -0.15) is 0 Å². The first kappa shape index (κ1) is 7.16. The number of nitrogens with zero attached hydrogens (tertiary/aromatic N) is 1. The number of carboxylic acids is 1. The van der Waals surface area contributed by atoms with Crippen molar-refractivity contribution in [2.24, 2.45) is 10.9 Å². The van der Waals surface area contributed by atoms with Crippen molar-refractivity contribution in [3.05, 3.63) is 0 Å². The molecule has 0 bridgehead atoms. The Balaban J connectivity index is 2.03. The Morgan fingerprint density at radius 2 is 2.36 bits per heavy atom. The molecule has 0 radical (unpaired) electrons. The SMILES string of the molecule is O=C(O)C1CSC(C2CC2)=N1. The predicted molar refractivity (Wildman–Crippen MR) is 44.0 cm³/mol. The van der Waals surface area contributed by atoms with E-state index in [1.54, 1.807) is 11.8 Å². The standard InChI is InChI=1S/C7H9NO2S/c9-7(10)5-3-11-6(8-5)4-1-2-4/h4-5H,1-3H2,(H,9,10). The number of rotatable bonds is 2. The summed E-state index contributed by atoms with van der Waals surface area (Å²) in [6, 6.07) is -0.462. The van der Waals surface area contributed by atoms with Gasteiger partial charge in [-0.05, 0) is 12.8 Å². The van der Waals surface area contributed by atoms with Gasteiger partial charge in [-0.25, -0.2) is 4.79 Å². The number of thioether (sulfide) groups is 1. The lowest BCUT2D eigenvalue weighted by Gasteiger charge is -1.93. The van der Waals surface area contributed by atoms with Crippen molar-refractivity contribution < 1.29 is 9.90 Å². The van der Waals surface area contributed by atoms with E-state index in [-0.39, 0.29) is 0 Å². The molecule has 0 aromatic carbocycles. The number of aliphatic imine (C=N–C) groups is 1. The van der Waals surface area contributed by atoms with Crippen molar-refractivity contribution in [1.29, 1.82) is 0 Å². The van der Waals surface area contributed by atoms with Crippen molar-refractivity contribution in [1.82, 2.24) is 0 Å². The van der Waals surface area contributed by atoms with E-state index in [2.05, 4.69) is 4.99 Å². The van der Waals surface area contributed by atoms with Crippen molar-refractivity contribution in [2.45, 2.75) is 18.9 Å². The molecular formula is C7H9NO2S. The van der Waals surface area contributed by atoms with E-state index in [9.17, 15) is 4.79 Å². The number of hydrogen-bond acceptors (Lipinski definition) is 3. The Morgan fingerprint density at radius 1 is 1.64 bits per heavy atom. The Hall–Kier alpha value is -0.510. The van der Waals surface area contributed by atoms with Crippen LogP contribution in [0.3, 0.4) is 0 Å². The topological polar surface area (TPSA) is 49.7 Å². The van der Waals surface area contributed by atoms with Crippen molar-refractivity contribution in [2.75, 3.05) is 5.75 Å². The average molecular weight is 171 g/mol. The number of carboxylic acid groups (broad SMARTS) is 1. The molecule has 0 saturated heterocycles. The molecular weight excluding hydrogens is 162 g/mol. The Bertz CT molecular complexity index is 222. The third-order valence-electron chi connectivity index (χ3n) is 1.88. The lowest BCUT2D eigenvalue weighted by Crippen LogP contribution is -2.17. The smallest absolute Gasteiger partial charge is 0.329 e. The fourth-order valence-corrected chi connectivity index (χ4v) is 2.29. The van der Waals surface area contributed by atoms with Gasteiger partial charge in [0.1, 0.15) is 0 Å². The summed E-state index contributed by atoms with van der Waals surface area (Å²) in [6.07, 6.45) is 2.41. The van der Waals surface area contributed by atoms with Crippen molar-refractivity contribution in [3.63, 3.8) is 0 Å². The van der Waals surface area contributed by atoms with E-state index in [1.807, 2.05) is 0 Å². The molecule has 1 atom stereocenters. The molecule has 1 saturated carbocycles. The second-order valence-corrected chi connectivity index (χ2v) is 3.95. The molecule has 4 heteroatoms. The molecule has 1 N–H and O–H groups in total. The zero-order valence-corrected chi connectivity index (χ0v) is 6.80. The second-order valence-electron chi connectivity index (χ2n) is 2.91. The van der Waals surface area contributed by atoms with Crippen LogP contribution in [0.2, 0.25) is 0 Å². The molecule has 1 fully saturated rings. The lowest BCUT2D eigenvalue weighted by molar-refractivity contribution is -0.137. The highest BCUT2D eigenvalue weighted by atomic mass is 32.2. The van der Waals surface area contributed by atoms with Crippen LogP contribution in [-0.2, 0) is 4.79 Å². The fraction of sp³-hybridized carbons (Fsp3) is 0.714. The molecule has 2 aliphatic rings. The highest BCUT2D eigenvalue weighted by molar-refractivity contribution is 8.14. The summed E-state index contributed by atoms with van der Waals surface area (Å²) < 4.78 is 0. The molecule has 1 heterocycles. The third-order valence-corrected chi connectivity index (χ3v) is 3.10. The van der Waals surface area contributed by atoms with Gasteiger partial charge in [0.15, 0.2) is 6.04 Å². The molecule has 2 rings (SSSR count). The molecule has 1 unspecified atom stereocenters. The van der Waals surface area contributed by atoms with Gasteiger partial charge in [-0.15, -0.1) is 11.8 Å². The minimum Gasteiger partial charge on any atom is -0.480 e. The first-order valence-electron chi connectivity index (χ1n) is 3.70. The summed E-state index contributed by atoms with van der Waals surface area (Å²) in [5.41, 5.74) is 0. The first-order chi connectivity index (χ1) is 5.27. The van der Waals surface area contributed by atoms with Crippen LogP contribution in [0.15, 0.2) is 4.99 Å². The Labute approximate surface area is 68.9 Å². The highest BCUT2D eigenvalue weighted by Crippen LogP contribution is 2.38. The summed E-state index contributed by atoms with van der Waals surface area (Å²) in [5.74, 6) is 0.471. The summed E-state index contributed by atoms with van der Waals surface area (Å²) in [7, 11) is 0. The van der Waals surface area contributed by atoms with Crippen LogP contribution < -0.4 is 0 Å². The van der Waals surface area contributed by atoms with Crippen LogP contribution in [0, 0.1) is 5.92 Å². The zero-order chi connectivity index (χ0) is 7.84. The monoisotopic (exact) mass is 171 g/mol. The summed E-state index contributed by atoms with van der Waals surface area (Å²) in [4.78, 5) is 14.6. The van der Waals surface area contributed by atoms with Gasteiger partial charge < -0.3 is 5.11 Å². The molecule has 0 amide bonds. The summed E-state index contributed by atoms with van der Waals surface area (Å²) in [6.45, 7) is 0. The van der Waals surface area contributed by atoms with E-state index < -0.39 is 12.0 Å². The van der Waals surface area contributed by atoms with Crippen LogP contribution in [0.1, 0.15) is 12.8 Å². The predicted octanol–water partition coefficient (Wildman–Crippen LogP) is 0.995. The van der Waals surface area contributed by atoms with E-state index in [4.69, 9.17) is 5.11 Å². The maximum Gasteiger partial charge on any atom is 0.329 e. The Morgan fingerprint density at radius 3 is 2.82 bits per heavy atom. The van der Waals surface area contributed by atoms with Gasteiger partial charge >= 0.3 is 5.97 Å². The minimum absolute atomic E-state index is 0.462. The van der Waals surface area contributed by atoms with Gasteiger partial charge in [0, 0.05) is 11.7 Å². The quantitative estimate of drug-likeness (QED) is 0.674. The molecule has 1 aliphatic heterocycles. The molecule has 0 spiro atoms. The molecule has 0 aromatic heterocycles. The minimum atomic E-state index is -0.784. The number of aliphatic carboxylic acids is 1. The number of hydrogen-bond donors (Lipinski definition) is 1. The van der Waals surface area contributed by atoms with Gasteiger partial charge in [-0.1, -0.05) is 0 Å². The maximum atomic E-state index is 10.5. The molecule has 0 aromatic rings. The fourth-order valence-electron chi connectivity index (χ4n) is 1.07. The maximum absolute atomic E-state index is 10.5. The average Bonchev–Trinajstić information content (AvgIpc) is 2.68. The van der Waals surface area contributed by atoms with E-state index >= 15 is 0 Å². The molecule has 1 aliphatic carbocycles. The first-order valence-corrected chi connectivity index (χ1v) is 4.69. The third kappa shape index (κ3) is 1.40. The van der Waals surface area contributed by atoms with Gasteiger partial charge in [0.2, 0.25) is 0 Å². The normalized spacial score (nSPS) is 30.2. The van der Waals surface area contributed by atoms with Gasteiger partial charge in [0.25, 0.3) is 0 Å². The largest absolute Gasteiger partial charge is 0.480 e. The molecule has 3 nitrogen and oxygen atoms in total. The van der Waals surface area contributed by atoms with Gasteiger partial charge in [-0.3, -0.25) is 4.99 Å². The van der Waals surface area contributed by atoms with Crippen molar-refractivity contribution in [3.8, 4) is 0 Å². The van der Waals surface area contributed by atoms with Crippen LogP contribution in [0.4, 0.5) is 0 Å². The summed E-state index contributed by atoms with van der Waals surface area (Å²) >= 11 is 1.62. The highest BCUT2D eigenvalue weighted by Gasteiger charge is 2.34. The van der Waals surface area contributed by atoms with Gasteiger partial charge in [0.05, 0.1) is 5.04 Å². The van der Waals surface area contributed by atoms with Crippen molar-refractivity contribution >= 4 is 22.8 Å². The second kappa shape index (κ2) is 2.52. The van der Waals surface area contributed by atoms with Crippen LogP contribution in [0.5, 0.6) is 0 Å². The van der Waals surface area contributed by atoms with E-state index in [1.165, 1.54) is 12.8 Å². The van der Waals surface area contributed by atoms with Crippen LogP contribution in [-0.4, -0.2) is 27.9 Å². The number of carbonyl (C=O) groups is 1. The van der Waals surface area contributed by atoms with E-state index in [0.717, 1.165) is 5.04 Å². The van der Waals surface area contributed by atoms with Crippen LogP contribution >= 0.6 is 11.8 Å².